The van der Waals surface area contributed by atoms with E-state index in [2.05, 4.69) is 4.98 Å². The van der Waals surface area contributed by atoms with E-state index in [-0.39, 0.29) is 6.10 Å². The molecule has 3 rings (SSSR count). The molecule has 1 N–H and O–H groups in total. The number of methoxy groups -OCH3 is 1. The largest absolute Gasteiger partial charge is 0.381 e. The molecule has 2 aliphatic heterocycles. The predicted octanol–water partition coefficient (Wildman–Crippen LogP) is -0.745. The Kier molecular flexibility index (Phi) is 3.70. The summed E-state index contributed by atoms with van der Waals surface area (Å²) in [5, 5.41) is 0. The van der Waals surface area contributed by atoms with Crippen molar-refractivity contribution in [1.29, 1.82) is 0 Å². The van der Waals surface area contributed by atoms with Crippen molar-refractivity contribution in [3.05, 3.63) is 33.1 Å². The van der Waals surface area contributed by atoms with Gasteiger partial charge in [0, 0.05) is 26.0 Å². The summed E-state index contributed by atoms with van der Waals surface area (Å²) in [6.07, 6.45) is 0.0316. The quantitative estimate of drug-likeness (QED) is 0.769. The molecule has 0 spiro atoms. The van der Waals surface area contributed by atoms with Crippen LogP contribution >= 0.6 is 0 Å². The predicted molar refractivity (Wildman–Crippen MR) is 71.2 cm³/mol. The Morgan fingerprint density at radius 3 is 3.00 bits per heavy atom. The van der Waals surface area contributed by atoms with Gasteiger partial charge >= 0.3 is 5.69 Å². The number of aromatic amines is 1. The summed E-state index contributed by atoms with van der Waals surface area (Å²) < 4.78 is 24.1. The first-order chi connectivity index (χ1) is 10.1. The van der Waals surface area contributed by atoms with Crippen LogP contribution in [0.25, 0.3) is 0 Å². The van der Waals surface area contributed by atoms with Crippen molar-refractivity contribution < 1.29 is 18.9 Å². The fourth-order valence-corrected chi connectivity index (χ4v) is 3.02. The van der Waals surface area contributed by atoms with Crippen molar-refractivity contribution in [3.63, 3.8) is 0 Å². The topological polar surface area (TPSA) is 91.8 Å². The lowest BCUT2D eigenvalue weighted by atomic mass is 10.00. The monoisotopic (exact) mass is 298 g/mol. The zero-order chi connectivity index (χ0) is 15.0. The fraction of sp³-hybridized carbons (Fsp3) is 0.692. The molecular formula is C13H18N2O6. The van der Waals surface area contributed by atoms with Gasteiger partial charge in [-0.1, -0.05) is 0 Å². The average Bonchev–Trinajstić information content (AvgIpc) is 2.92. The van der Waals surface area contributed by atoms with Crippen LogP contribution in [-0.2, 0) is 18.9 Å². The third-order valence-electron chi connectivity index (χ3n) is 3.83. The van der Waals surface area contributed by atoms with E-state index >= 15 is 0 Å². The minimum Gasteiger partial charge on any atom is -0.381 e. The summed E-state index contributed by atoms with van der Waals surface area (Å²) in [6, 6.07) is 1.27. The number of H-pyrrole nitrogens is 1. The molecule has 8 nitrogen and oxygen atoms in total. The van der Waals surface area contributed by atoms with Gasteiger partial charge in [-0.25, -0.2) is 4.79 Å². The Morgan fingerprint density at radius 1 is 1.52 bits per heavy atom. The van der Waals surface area contributed by atoms with E-state index in [1.54, 1.807) is 7.11 Å². The van der Waals surface area contributed by atoms with Crippen molar-refractivity contribution in [2.45, 2.75) is 31.0 Å². The van der Waals surface area contributed by atoms with Crippen molar-refractivity contribution in [1.82, 2.24) is 9.55 Å². The van der Waals surface area contributed by atoms with Gasteiger partial charge in [-0.2, -0.15) is 0 Å². The number of fused-ring (bicyclic) bond motifs is 2. The molecule has 2 aliphatic rings. The average molecular weight is 298 g/mol. The van der Waals surface area contributed by atoms with Gasteiger partial charge in [0.05, 0.1) is 13.2 Å². The van der Waals surface area contributed by atoms with E-state index in [0.29, 0.717) is 19.8 Å². The lowest BCUT2D eigenvalue weighted by molar-refractivity contribution is -0.192. The molecule has 4 atom stereocenters. The van der Waals surface area contributed by atoms with Crippen molar-refractivity contribution >= 4 is 0 Å². The lowest BCUT2D eigenvalue weighted by Crippen LogP contribution is -2.46. The molecule has 3 heterocycles. The highest BCUT2D eigenvalue weighted by atomic mass is 16.7. The highest BCUT2D eigenvalue weighted by Gasteiger charge is 2.63. The van der Waals surface area contributed by atoms with Crippen LogP contribution in [0.5, 0.6) is 0 Å². The SMILES string of the molecule is CCOC1C2OC[C@]1(COC)O[C@H]2n1ccc(=O)[nH]c1=O. The number of hydrogen-bond donors (Lipinski definition) is 1. The Labute approximate surface area is 120 Å². The summed E-state index contributed by atoms with van der Waals surface area (Å²) in [5.41, 5.74) is -1.71. The minimum absolute atomic E-state index is 0.308. The normalized spacial score (nSPS) is 34.5. The lowest BCUT2D eigenvalue weighted by Gasteiger charge is -2.30. The third-order valence-corrected chi connectivity index (χ3v) is 3.83. The summed E-state index contributed by atoms with van der Waals surface area (Å²) in [4.78, 5) is 25.3. The van der Waals surface area contributed by atoms with Crippen molar-refractivity contribution in [2.75, 3.05) is 26.9 Å². The van der Waals surface area contributed by atoms with Gasteiger partial charge in [0.15, 0.2) is 6.23 Å². The molecule has 116 valence electrons. The van der Waals surface area contributed by atoms with E-state index in [1.165, 1.54) is 16.8 Å². The van der Waals surface area contributed by atoms with Gasteiger partial charge in [-0.15, -0.1) is 0 Å². The molecule has 1 aromatic heterocycles. The first-order valence-electron chi connectivity index (χ1n) is 6.83. The highest BCUT2D eigenvalue weighted by Crippen LogP contribution is 2.46. The summed E-state index contributed by atoms with van der Waals surface area (Å²) in [7, 11) is 1.58. The van der Waals surface area contributed by atoms with Gasteiger partial charge in [0.1, 0.15) is 17.8 Å². The molecule has 2 bridgehead atoms. The van der Waals surface area contributed by atoms with Crippen molar-refractivity contribution in [3.8, 4) is 0 Å². The Bertz CT molecular complexity index is 626. The van der Waals surface area contributed by atoms with Gasteiger partial charge in [0.25, 0.3) is 5.56 Å². The van der Waals surface area contributed by atoms with Crippen molar-refractivity contribution in [2.24, 2.45) is 0 Å². The summed E-state index contributed by atoms with van der Waals surface area (Å²) >= 11 is 0. The molecule has 1 aromatic rings. The number of hydrogen-bond acceptors (Lipinski definition) is 6. The molecule has 2 saturated heterocycles. The van der Waals surface area contributed by atoms with E-state index in [4.69, 9.17) is 18.9 Å². The van der Waals surface area contributed by atoms with Crippen LogP contribution in [0.1, 0.15) is 13.2 Å². The highest BCUT2D eigenvalue weighted by molar-refractivity contribution is 5.08. The fourth-order valence-electron chi connectivity index (χ4n) is 3.02. The van der Waals surface area contributed by atoms with E-state index in [1.807, 2.05) is 6.92 Å². The second kappa shape index (κ2) is 5.38. The van der Waals surface area contributed by atoms with E-state index < -0.39 is 29.2 Å². The van der Waals surface area contributed by atoms with Gasteiger partial charge in [-0.05, 0) is 6.92 Å². The van der Waals surface area contributed by atoms with Gasteiger partial charge < -0.3 is 18.9 Å². The number of rotatable bonds is 5. The first kappa shape index (κ1) is 14.5. The molecule has 0 amide bonds. The summed E-state index contributed by atoms with van der Waals surface area (Å²) in [5.74, 6) is 0. The Balaban J connectivity index is 1.96. The molecule has 0 aromatic carbocycles. The maximum absolute atomic E-state index is 11.9. The van der Waals surface area contributed by atoms with Crippen LogP contribution in [-0.4, -0.2) is 54.3 Å². The minimum atomic E-state index is -0.727. The first-order valence-corrected chi connectivity index (χ1v) is 6.83. The zero-order valence-corrected chi connectivity index (χ0v) is 11.9. The molecule has 2 fully saturated rings. The smallest absolute Gasteiger partial charge is 0.330 e. The number of nitrogens with zero attached hydrogens (tertiary/aromatic N) is 1. The van der Waals surface area contributed by atoms with Crippen LogP contribution in [0, 0.1) is 0 Å². The number of aromatic nitrogens is 2. The number of nitrogens with one attached hydrogen (secondary N) is 1. The van der Waals surface area contributed by atoms with Gasteiger partial charge in [0.2, 0.25) is 0 Å². The van der Waals surface area contributed by atoms with Crippen LogP contribution in [0.15, 0.2) is 21.9 Å². The van der Waals surface area contributed by atoms with E-state index in [0.717, 1.165) is 0 Å². The Hall–Kier alpha value is -1.48. The molecule has 21 heavy (non-hydrogen) atoms. The standard InChI is InChI=1S/C13H18N2O6/c1-3-19-10-9-11(15-5-4-8(16)14-12(15)17)21-13(10,6-18-2)7-20-9/h4-5,9-11H,3,6-7H2,1-2H3,(H,14,16,17)/t9?,10?,11-,13+/m1/s1. The molecular weight excluding hydrogens is 280 g/mol. The molecule has 0 aliphatic carbocycles. The molecule has 0 radical (unpaired) electrons. The number of ether oxygens (including phenoxy) is 4. The third kappa shape index (κ3) is 2.24. The van der Waals surface area contributed by atoms with Crippen LogP contribution in [0.3, 0.4) is 0 Å². The van der Waals surface area contributed by atoms with Crippen LogP contribution in [0.2, 0.25) is 0 Å². The molecule has 2 unspecified atom stereocenters. The zero-order valence-electron chi connectivity index (χ0n) is 11.9. The van der Waals surface area contributed by atoms with E-state index in [9.17, 15) is 9.59 Å². The molecule has 8 heteroatoms. The van der Waals surface area contributed by atoms with Gasteiger partial charge in [-0.3, -0.25) is 14.3 Å². The van der Waals surface area contributed by atoms with Crippen LogP contribution < -0.4 is 11.2 Å². The Morgan fingerprint density at radius 2 is 2.33 bits per heavy atom. The summed E-state index contributed by atoms with van der Waals surface area (Å²) in [6.45, 7) is 3.06. The second-order valence-electron chi connectivity index (χ2n) is 5.18. The second-order valence-corrected chi connectivity index (χ2v) is 5.18. The molecule has 0 saturated carbocycles. The maximum Gasteiger partial charge on any atom is 0.330 e. The van der Waals surface area contributed by atoms with Crippen LogP contribution in [0.4, 0.5) is 0 Å². The maximum atomic E-state index is 11.9.